The van der Waals surface area contributed by atoms with Crippen LogP contribution in [-0.4, -0.2) is 36.4 Å². The predicted octanol–water partition coefficient (Wildman–Crippen LogP) is 18.6. The second kappa shape index (κ2) is 54.9. The summed E-state index contributed by atoms with van der Waals surface area (Å²) in [5.74, 6) is -0.596. The van der Waals surface area contributed by atoms with Crippen molar-refractivity contribution in [2.45, 2.75) is 290 Å². The van der Waals surface area contributed by atoms with Gasteiger partial charge in [-0.1, -0.05) is 248 Å². The van der Waals surface area contributed by atoms with Crippen molar-refractivity contribution < 1.29 is 24.2 Å². The zero-order valence-electron chi connectivity index (χ0n) is 42.5. The number of ether oxygens (including phenoxy) is 2. The molecule has 0 aliphatic rings. The molecule has 0 bridgehead atoms. The van der Waals surface area contributed by atoms with Gasteiger partial charge in [-0.2, -0.15) is 0 Å². The summed E-state index contributed by atoms with van der Waals surface area (Å²) < 4.78 is 10.7. The standard InChI is InChI=1S/C59H106O5/c1-3-5-7-9-11-13-15-17-19-21-23-24-25-26-27-28-29-30-31-32-33-34-36-37-39-41-43-45-47-49-51-53-58(61)63-56-57(55-60)64-59(62)54-52-50-48-46-44-42-40-38-35-22-20-18-16-14-12-10-8-6-4-2/h12,14-15,17-18,20-21,23,35,38,57,60H,3-11,13,16,19,22,24-34,36-37,39-56H2,1-2H3/b14-12-,17-15-,20-18-,23-21-,38-35-. The van der Waals surface area contributed by atoms with Gasteiger partial charge in [0, 0.05) is 12.8 Å². The first kappa shape index (κ1) is 61.6. The number of allylic oxidation sites excluding steroid dienone is 10. The fraction of sp³-hybridized carbons (Fsp3) is 0.797. The van der Waals surface area contributed by atoms with Crippen molar-refractivity contribution in [3.05, 3.63) is 60.8 Å². The van der Waals surface area contributed by atoms with Gasteiger partial charge in [0.1, 0.15) is 6.61 Å². The van der Waals surface area contributed by atoms with E-state index in [1.807, 2.05) is 0 Å². The normalized spacial score (nSPS) is 12.6. The van der Waals surface area contributed by atoms with Crippen LogP contribution in [-0.2, 0) is 19.1 Å². The van der Waals surface area contributed by atoms with E-state index in [0.717, 1.165) is 64.2 Å². The van der Waals surface area contributed by atoms with E-state index in [1.54, 1.807) is 0 Å². The molecule has 1 atom stereocenters. The largest absolute Gasteiger partial charge is 0.462 e. The van der Waals surface area contributed by atoms with Crippen molar-refractivity contribution in [3.63, 3.8) is 0 Å². The molecule has 1 unspecified atom stereocenters. The summed E-state index contributed by atoms with van der Waals surface area (Å²) in [4.78, 5) is 24.5. The maximum atomic E-state index is 12.3. The third kappa shape index (κ3) is 52.2. The molecule has 0 aliphatic carbocycles. The zero-order valence-corrected chi connectivity index (χ0v) is 42.5. The van der Waals surface area contributed by atoms with E-state index < -0.39 is 6.10 Å². The van der Waals surface area contributed by atoms with Gasteiger partial charge in [-0.05, 0) is 83.5 Å². The van der Waals surface area contributed by atoms with Gasteiger partial charge in [-0.15, -0.1) is 0 Å². The molecular formula is C59H106O5. The van der Waals surface area contributed by atoms with Crippen LogP contribution >= 0.6 is 0 Å². The summed E-state index contributed by atoms with van der Waals surface area (Å²) in [5.41, 5.74) is 0. The highest BCUT2D eigenvalue weighted by Gasteiger charge is 2.16. The third-order valence-corrected chi connectivity index (χ3v) is 12.3. The minimum atomic E-state index is -0.780. The monoisotopic (exact) mass is 895 g/mol. The Morgan fingerprint density at radius 3 is 0.969 bits per heavy atom. The van der Waals surface area contributed by atoms with E-state index in [0.29, 0.717) is 12.8 Å². The summed E-state index contributed by atoms with van der Waals surface area (Å²) in [7, 11) is 0. The number of unbranched alkanes of at least 4 members (excludes halogenated alkanes) is 33. The Morgan fingerprint density at radius 1 is 0.359 bits per heavy atom. The van der Waals surface area contributed by atoms with Gasteiger partial charge in [0.15, 0.2) is 6.10 Å². The molecular weight excluding hydrogens is 789 g/mol. The Labute approximate surface area is 398 Å². The Hall–Kier alpha value is -2.40. The number of hydrogen-bond donors (Lipinski definition) is 1. The molecule has 0 aromatic heterocycles. The maximum absolute atomic E-state index is 12.3. The highest BCUT2D eigenvalue weighted by Crippen LogP contribution is 2.16. The average Bonchev–Trinajstić information content (AvgIpc) is 3.30. The molecule has 0 aliphatic heterocycles. The lowest BCUT2D eigenvalue weighted by atomic mass is 10.0. The van der Waals surface area contributed by atoms with Crippen molar-refractivity contribution in [3.8, 4) is 0 Å². The van der Waals surface area contributed by atoms with E-state index in [9.17, 15) is 14.7 Å². The summed E-state index contributed by atoms with van der Waals surface area (Å²) in [6.45, 7) is 4.12. The van der Waals surface area contributed by atoms with Gasteiger partial charge >= 0.3 is 11.9 Å². The number of hydrogen-bond acceptors (Lipinski definition) is 5. The molecule has 5 heteroatoms. The first-order chi connectivity index (χ1) is 31.6. The number of esters is 2. The lowest BCUT2D eigenvalue weighted by molar-refractivity contribution is -0.161. The molecule has 0 rings (SSSR count). The predicted molar refractivity (Wildman–Crippen MR) is 279 cm³/mol. The summed E-state index contributed by atoms with van der Waals surface area (Å²) in [5, 5.41) is 9.64. The first-order valence-electron chi connectivity index (χ1n) is 27.8. The molecule has 0 saturated carbocycles. The van der Waals surface area contributed by atoms with Crippen molar-refractivity contribution in [1.29, 1.82) is 0 Å². The van der Waals surface area contributed by atoms with Crippen LogP contribution in [0.2, 0.25) is 0 Å². The fourth-order valence-corrected chi connectivity index (χ4v) is 8.06. The van der Waals surface area contributed by atoms with Crippen LogP contribution in [0.15, 0.2) is 60.8 Å². The molecule has 0 saturated heterocycles. The molecule has 0 aromatic carbocycles. The Morgan fingerprint density at radius 2 is 0.625 bits per heavy atom. The van der Waals surface area contributed by atoms with Crippen LogP contribution < -0.4 is 0 Å². The highest BCUT2D eigenvalue weighted by atomic mass is 16.6. The van der Waals surface area contributed by atoms with Gasteiger partial charge in [-0.25, -0.2) is 0 Å². The number of aliphatic hydroxyl groups excluding tert-OH is 1. The fourth-order valence-electron chi connectivity index (χ4n) is 8.06. The van der Waals surface area contributed by atoms with Crippen molar-refractivity contribution in [2.24, 2.45) is 0 Å². The number of aliphatic hydroxyl groups is 1. The van der Waals surface area contributed by atoms with Crippen LogP contribution in [0.1, 0.15) is 284 Å². The van der Waals surface area contributed by atoms with Gasteiger partial charge in [0.2, 0.25) is 0 Å². The molecule has 372 valence electrons. The second-order valence-corrected chi connectivity index (χ2v) is 18.7. The van der Waals surface area contributed by atoms with Crippen LogP contribution in [0.5, 0.6) is 0 Å². The Kier molecular flexibility index (Phi) is 52.9. The molecule has 0 aromatic rings. The lowest BCUT2D eigenvalue weighted by Crippen LogP contribution is -2.28. The average molecular weight is 895 g/mol. The van der Waals surface area contributed by atoms with Crippen LogP contribution in [0.4, 0.5) is 0 Å². The summed E-state index contributed by atoms with van der Waals surface area (Å²) in [6, 6.07) is 0. The Bertz CT molecular complexity index is 1100. The van der Waals surface area contributed by atoms with Crippen LogP contribution in [0.3, 0.4) is 0 Å². The first-order valence-corrected chi connectivity index (χ1v) is 27.8. The molecule has 0 heterocycles. The van der Waals surface area contributed by atoms with Gasteiger partial charge in [0.25, 0.3) is 0 Å². The lowest BCUT2D eigenvalue weighted by Gasteiger charge is -2.15. The van der Waals surface area contributed by atoms with Crippen LogP contribution in [0.25, 0.3) is 0 Å². The van der Waals surface area contributed by atoms with Crippen molar-refractivity contribution in [1.82, 2.24) is 0 Å². The maximum Gasteiger partial charge on any atom is 0.306 e. The van der Waals surface area contributed by atoms with E-state index in [2.05, 4.69) is 74.6 Å². The molecule has 1 N–H and O–H groups in total. The van der Waals surface area contributed by atoms with Crippen molar-refractivity contribution >= 4 is 11.9 Å². The minimum absolute atomic E-state index is 0.0703. The van der Waals surface area contributed by atoms with Crippen molar-refractivity contribution in [2.75, 3.05) is 13.2 Å². The smallest absolute Gasteiger partial charge is 0.306 e. The Balaban J connectivity index is 3.46. The minimum Gasteiger partial charge on any atom is -0.462 e. The highest BCUT2D eigenvalue weighted by molar-refractivity contribution is 5.70. The van der Waals surface area contributed by atoms with E-state index >= 15 is 0 Å². The topological polar surface area (TPSA) is 72.8 Å². The number of carbonyl (C=O) groups excluding carboxylic acids is 2. The summed E-state index contributed by atoms with van der Waals surface area (Å²) in [6.07, 6.45) is 73.3. The number of carbonyl (C=O) groups is 2. The molecule has 0 spiro atoms. The molecule has 0 fully saturated rings. The molecule has 0 radical (unpaired) electrons. The molecule has 0 amide bonds. The number of rotatable bonds is 51. The summed E-state index contributed by atoms with van der Waals surface area (Å²) >= 11 is 0. The molecule has 64 heavy (non-hydrogen) atoms. The molecule has 5 nitrogen and oxygen atoms in total. The van der Waals surface area contributed by atoms with Gasteiger partial charge in [-0.3, -0.25) is 9.59 Å². The SMILES string of the molecule is CCCCC/C=C\C/C=C\C/C=C\CCCCCCCCC(=O)OC(CO)COC(=O)CCCCCCCCCCCCCCCCCCCCC/C=C\C/C=C\CCCCCCC. The third-order valence-electron chi connectivity index (χ3n) is 12.3. The van der Waals surface area contributed by atoms with E-state index in [-0.39, 0.29) is 25.2 Å². The van der Waals surface area contributed by atoms with Crippen LogP contribution in [0, 0.1) is 0 Å². The van der Waals surface area contributed by atoms with E-state index in [1.165, 1.54) is 193 Å². The zero-order chi connectivity index (χ0) is 46.3. The second-order valence-electron chi connectivity index (χ2n) is 18.7. The van der Waals surface area contributed by atoms with Gasteiger partial charge in [0.05, 0.1) is 6.61 Å². The van der Waals surface area contributed by atoms with E-state index in [4.69, 9.17) is 9.47 Å². The quantitative estimate of drug-likeness (QED) is 0.0374. The van der Waals surface area contributed by atoms with Gasteiger partial charge < -0.3 is 14.6 Å².